The molecular weight excluding hydrogens is 208 g/mol. The van der Waals surface area contributed by atoms with Crippen molar-refractivity contribution in [1.29, 1.82) is 0 Å². The van der Waals surface area contributed by atoms with E-state index in [-0.39, 0.29) is 0 Å². The lowest BCUT2D eigenvalue weighted by Gasteiger charge is -2.10. The molecule has 0 unspecified atom stereocenters. The lowest BCUT2D eigenvalue weighted by Crippen LogP contribution is -2.03. The van der Waals surface area contributed by atoms with Crippen molar-refractivity contribution in [3.63, 3.8) is 0 Å². The molecule has 0 atom stereocenters. The summed E-state index contributed by atoms with van der Waals surface area (Å²) in [5, 5.41) is 8.34. The van der Waals surface area contributed by atoms with Crippen molar-refractivity contribution in [1.82, 2.24) is 0 Å². The molecule has 0 fully saturated rings. The largest absolute Gasteiger partial charge is 0.478 e. The highest BCUT2D eigenvalue weighted by molar-refractivity contribution is 5.91. The minimum absolute atomic E-state index is 0.616. The fourth-order valence-corrected chi connectivity index (χ4v) is 1.56. The number of carboxylic acids is 1. The molecule has 1 aliphatic rings. The third-order valence-corrected chi connectivity index (χ3v) is 2.34. The molecule has 0 aromatic heterocycles. The van der Waals surface area contributed by atoms with E-state index in [4.69, 9.17) is 9.84 Å². The van der Waals surface area contributed by atoms with E-state index >= 15 is 0 Å². The molecule has 0 aromatic rings. The first-order valence-corrected chi connectivity index (χ1v) is 5.50. The van der Waals surface area contributed by atoms with Gasteiger partial charge in [-0.2, -0.15) is 0 Å². The van der Waals surface area contributed by atoms with Gasteiger partial charge in [0.1, 0.15) is 5.76 Å². The lowest BCUT2D eigenvalue weighted by atomic mass is 10.1. The van der Waals surface area contributed by atoms with Gasteiger partial charge in [-0.3, -0.25) is 0 Å². The maximum absolute atomic E-state index is 11.2. The van der Waals surface area contributed by atoms with Crippen LogP contribution in [0.1, 0.15) is 38.5 Å². The topological polar surface area (TPSA) is 63.6 Å². The third kappa shape index (κ3) is 5.34. The zero-order valence-corrected chi connectivity index (χ0v) is 9.15. The summed E-state index contributed by atoms with van der Waals surface area (Å²) < 4.78 is 5.05. The summed E-state index contributed by atoms with van der Waals surface area (Å²) in [4.78, 5) is 21.4. The molecule has 0 spiro atoms. The minimum Gasteiger partial charge on any atom is -0.478 e. The maximum atomic E-state index is 11.2. The summed E-state index contributed by atoms with van der Waals surface area (Å²) >= 11 is 0. The van der Waals surface area contributed by atoms with Crippen LogP contribution in [0.5, 0.6) is 0 Å². The Balaban J connectivity index is 2.44. The number of carbonyl (C=O) groups excluding carboxylic acids is 1. The van der Waals surface area contributed by atoms with Gasteiger partial charge in [0.25, 0.3) is 0 Å². The molecule has 1 rings (SSSR count). The van der Waals surface area contributed by atoms with Crippen molar-refractivity contribution in [2.45, 2.75) is 38.5 Å². The Morgan fingerprint density at radius 3 is 2.69 bits per heavy atom. The van der Waals surface area contributed by atoms with Gasteiger partial charge < -0.3 is 9.84 Å². The predicted molar refractivity (Wildman–Crippen MR) is 58.7 cm³/mol. The van der Waals surface area contributed by atoms with Gasteiger partial charge in [0.15, 0.2) is 0 Å². The van der Waals surface area contributed by atoms with Gasteiger partial charge in [-0.1, -0.05) is 12.8 Å². The molecule has 0 bridgehead atoms. The second-order valence-corrected chi connectivity index (χ2v) is 3.72. The predicted octanol–water partition coefficient (Wildman–Crippen LogP) is 2.41. The molecule has 1 aliphatic carbocycles. The van der Waals surface area contributed by atoms with Crippen LogP contribution in [0.2, 0.25) is 0 Å². The van der Waals surface area contributed by atoms with E-state index in [0.29, 0.717) is 5.76 Å². The smallest absolute Gasteiger partial charge is 0.336 e. The Bertz CT molecular complexity index is 315. The summed E-state index contributed by atoms with van der Waals surface area (Å²) in [6.45, 7) is 0. The molecule has 0 aliphatic heterocycles. The number of hydrogen-bond acceptors (Lipinski definition) is 3. The van der Waals surface area contributed by atoms with Crippen LogP contribution < -0.4 is 0 Å². The van der Waals surface area contributed by atoms with Crippen LogP contribution in [0.25, 0.3) is 0 Å². The highest BCUT2D eigenvalue weighted by atomic mass is 16.5. The van der Waals surface area contributed by atoms with Gasteiger partial charge in [-0.25, -0.2) is 9.59 Å². The molecule has 0 aromatic carbocycles. The van der Waals surface area contributed by atoms with Gasteiger partial charge in [0, 0.05) is 18.6 Å². The zero-order valence-electron chi connectivity index (χ0n) is 9.15. The summed E-state index contributed by atoms with van der Waals surface area (Å²) in [6.07, 6.45) is 9.82. The number of ether oxygens (including phenoxy) is 1. The average Bonchev–Trinajstić information content (AvgIpc) is 2.19. The van der Waals surface area contributed by atoms with Crippen molar-refractivity contribution >= 4 is 11.9 Å². The van der Waals surface area contributed by atoms with Gasteiger partial charge in [-0.05, 0) is 25.3 Å². The summed E-state index contributed by atoms with van der Waals surface area (Å²) in [6, 6.07) is 0. The molecular formula is C12H16O4. The summed E-state index contributed by atoms with van der Waals surface area (Å²) in [5.41, 5.74) is 0. The molecule has 0 radical (unpaired) electrons. The first-order valence-electron chi connectivity index (χ1n) is 5.50. The Morgan fingerprint density at radius 1 is 1.19 bits per heavy atom. The highest BCUT2D eigenvalue weighted by Gasteiger charge is 2.06. The van der Waals surface area contributed by atoms with E-state index in [9.17, 15) is 9.59 Å². The van der Waals surface area contributed by atoms with Crippen molar-refractivity contribution in [2.24, 2.45) is 0 Å². The number of carbonyl (C=O) groups is 2. The summed E-state index contributed by atoms with van der Waals surface area (Å²) in [7, 11) is 0. The monoisotopic (exact) mass is 224 g/mol. The SMILES string of the molecule is O=C(O)/C=C/C(=O)O/C1=C/CCCCCC1. The third-order valence-electron chi connectivity index (χ3n) is 2.34. The van der Waals surface area contributed by atoms with Gasteiger partial charge in [0.2, 0.25) is 0 Å². The van der Waals surface area contributed by atoms with E-state index in [1.807, 2.05) is 6.08 Å². The van der Waals surface area contributed by atoms with Gasteiger partial charge >= 0.3 is 11.9 Å². The first kappa shape index (κ1) is 12.5. The number of allylic oxidation sites excluding steroid dienone is 2. The molecule has 4 nitrogen and oxygen atoms in total. The van der Waals surface area contributed by atoms with Crippen LogP contribution in [-0.2, 0) is 14.3 Å². The minimum atomic E-state index is -1.15. The fourth-order valence-electron chi connectivity index (χ4n) is 1.56. The molecule has 0 saturated carbocycles. The zero-order chi connectivity index (χ0) is 11.8. The second-order valence-electron chi connectivity index (χ2n) is 3.72. The number of rotatable bonds is 3. The molecule has 4 heteroatoms. The number of carboxylic acid groups (broad SMARTS) is 1. The molecule has 0 heterocycles. The average molecular weight is 224 g/mol. The first-order chi connectivity index (χ1) is 7.68. The standard InChI is InChI=1S/C12H16O4/c13-11(14)8-9-12(15)16-10-6-4-2-1-3-5-7-10/h6,8-9H,1-5,7H2,(H,13,14)/b9-8+,10-6+. The molecule has 0 amide bonds. The number of esters is 1. The highest BCUT2D eigenvalue weighted by Crippen LogP contribution is 2.17. The van der Waals surface area contributed by atoms with E-state index in [2.05, 4.69) is 0 Å². The fraction of sp³-hybridized carbons (Fsp3) is 0.500. The Morgan fingerprint density at radius 2 is 1.94 bits per heavy atom. The normalized spacial score (nSPS) is 20.6. The van der Waals surface area contributed by atoms with E-state index in [0.717, 1.165) is 44.3 Å². The van der Waals surface area contributed by atoms with Crippen LogP contribution in [-0.4, -0.2) is 17.0 Å². The van der Waals surface area contributed by atoms with Gasteiger partial charge in [0.05, 0.1) is 0 Å². The van der Waals surface area contributed by atoms with Crippen LogP contribution in [0, 0.1) is 0 Å². The Hall–Kier alpha value is -1.58. The molecule has 0 saturated heterocycles. The Kier molecular flexibility index (Phi) is 5.32. The molecule has 88 valence electrons. The van der Waals surface area contributed by atoms with Crippen LogP contribution >= 0.6 is 0 Å². The molecule has 16 heavy (non-hydrogen) atoms. The summed E-state index contributed by atoms with van der Waals surface area (Å²) in [5.74, 6) is -1.10. The van der Waals surface area contributed by atoms with Crippen molar-refractivity contribution in [3.8, 4) is 0 Å². The molecule has 1 N–H and O–H groups in total. The Labute approximate surface area is 94.6 Å². The lowest BCUT2D eigenvalue weighted by molar-refractivity contribution is -0.135. The maximum Gasteiger partial charge on any atom is 0.336 e. The van der Waals surface area contributed by atoms with Crippen LogP contribution in [0.3, 0.4) is 0 Å². The quantitative estimate of drug-likeness (QED) is 0.590. The van der Waals surface area contributed by atoms with E-state index in [1.54, 1.807) is 0 Å². The van der Waals surface area contributed by atoms with Crippen LogP contribution in [0.15, 0.2) is 24.0 Å². The second kappa shape index (κ2) is 6.82. The van der Waals surface area contributed by atoms with Crippen molar-refractivity contribution in [2.75, 3.05) is 0 Å². The van der Waals surface area contributed by atoms with E-state index in [1.165, 1.54) is 6.42 Å². The van der Waals surface area contributed by atoms with Gasteiger partial charge in [-0.15, -0.1) is 0 Å². The van der Waals surface area contributed by atoms with Crippen molar-refractivity contribution in [3.05, 3.63) is 24.0 Å². The van der Waals surface area contributed by atoms with E-state index < -0.39 is 11.9 Å². The van der Waals surface area contributed by atoms with Crippen LogP contribution in [0.4, 0.5) is 0 Å². The number of hydrogen-bond donors (Lipinski definition) is 1. The van der Waals surface area contributed by atoms with Crippen molar-refractivity contribution < 1.29 is 19.4 Å². The number of aliphatic carboxylic acids is 1.